The Hall–Kier alpha value is -0.580. The Morgan fingerprint density at radius 3 is 2.15 bits per heavy atom. The number of nitrogens with two attached hydrogens (primary N) is 1. The van der Waals surface area contributed by atoms with Crippen LogP contribution in [0.25, 0.3) is 0 Å². The second-order valence-electron chi connectivity index (χ2n) is 2.62. The summed E-state index contributed by atoms with van der Waals surface area (Å²) in [6, 6.07) is 6.38. The molecule has 1 aromatic rings. The smallest absolute Gasteiger partial charge is 0.261 e. The van der Waals surface area contributed by atoms with Gasteiger partial charge in [-0.3, -0.25) is 0 Å². The average molecular weight is 220 g/mol. The first-order chi connectivity index (χ1) is 6.04. The molecule has 0 spiro atoms. The highest BCUT2D eigenvalue weighted by atomic mass is 35.7. The molecule has 0 bridgehead atoms. The molecule has 5 heteroatoms. The van der Waals surface area contributed by atoms with Gasteiger partial charge in [-0.2, -0.15) is 0 Å². The molecule has 0 aliphatic carbocycles. The van der Waals surface area contributed by atoms with Gasteiger partial charge in [-0.15, -0.1) is 0 Å². The van der Waals surface area contributed by atoms with Gasteiger partial charge < -0.3 is 5.73 Å². The minimum atomic E-state index is -3.59. The van der Waals surface area contributed by atoms with Gasteiger partial charge in [0.15, 0.2) is 0 Å². The molecule has 72 valence electrons. The quantitative estimate of drug-likeness (QED) is 0.775. The van der Waals surface area contributed by atoms with Crippen LogP contribution >= 0.6 is 10.7 Å². The lowest BCUT2D eigenvalue weighted by atomic mass is 10.2. The summed E-state index contributed by atoms with van der Waals surface area (Å²) in [6.45, 7) is 0.549. The molecule has 3 nitrogen and oxygen atoms in total. The maximum absolute atomic E-state index is 10.8. The molecule has 0 saturated heterocycles. The van der Waals surface area contributed by atoms with Crippen molar-refractivity contribution in [1.29, 1.82) is 0 Å². The molecule has 1 aromatic carbocycles. The van der Waals surface area contributed by atoms with Gasteiger partial charge in [0.2, 0.25) is 0 Å². The predicted octanol–water partition coefficient (Wildman–Crippen LogP) is 1.12. The van der Waals surface area contributed by atoms with Crippen molar-refractivity contribution in [3.05, 3.63) is 29.8 Å². The number of halogens is 1. The lowest BCUT2D eigenvalue weighted by Gasteiger charge is -1.99. The van der Waals surface area contributed by atoms with E-state index < -0.39 is 9.05 Å². The normalized spacial score (nSPS) is 11.5. The first kappa shape index (κ1) is 10.5. The lowest BCUT2D eigenvalue weighted by Crippen LogP contribution is -2.02. The van der Waals surface area contributed by atoms with Crippen molar-refractivity contribution < 1.29 is 8.42 Å². The van der Waals surface area contributed by atoms with Crippen molar-refractivity contribution >= 4 is 19.7 Å². The molecule has 0 aromatic heterocycles. The molecule has 0 radical (unpaired) electrons. The van der Waals surface area contributed by atoms with Crippen molar-refractivity contribution in [2.45, 2.75) is 11.3 Å². The van der Waals surface area contributed by atoms with Gasteiger partial charge in [-0.25, -0.2) is 8.42 Å². The fraction of sp³-hybridized carbons (Fsp3) is 0.250. The van der Waals surface area contributed by atoms with E-state index in [-0.39, 0.29) is 4.90 Å². The van der Waals surface area contributed by atoms with Crippen molar-refractivity contribution in [2.75, 3.05) is 6.54 Å². The van der Waals surface area contributed by atoms with E-state index in [1.54, 1.807) is 12.1 Å². The van der Waals surface area contributed by atoms with E-state index in [2.05, 4.69) is 0 Å². The van der Waals surface area contributed by atoms with Gasteiger partial charge in [-0.1, -0.05) is 12.1 Å². The molecule has 0 unspecified atom stereocenters. The van der Waals surface area contributed by atoms with Crippen molar-refractivity contribution in [3.8, 4) is 0 Å². The highest BCUT2D eigenvalue weighted by molar-refractivity contribution is 8.13. The van der Waals surface area contributed by atoms with Crippen LogP contribution in [-0.4, -0.2) is 15.0 Å². The lowest BCUT2D eigenvalue weighted by molar-refractivity contribution is 0.609. The highest BCUT2D eigenvalue weighted by Crippen LogP contribution is 2.15. The van der Waals surface area contributed by atoms with Crippen LogP contribution < -0.4 is 5.73 Å². The Morgan fingerprint density at radius 2 is 1.77 bits per heavy atom. The topological polar surface area (TPSA) is 60.2 Å². The van der Waals surface area contributed by atoms with Crippen LogP contribution in [0.5, 0.6) is 0 Å². The SMILES string of the molecule is NCCc1ccc(S(=O)(=O)Cl)cc1. The van der Waals surface area contributed by atoms with Crippen LogP contribution in [0.2, 0.25) is 0 Å². The molecule has 0 aliphatic heterocycles. The van der Waals surface area contributed by atoms with Crippen LogP contribution in [0.3, 0.4) is 0 Å². The third-order valence-corrected chi connectivity index (χ3v) is 3.01. The van der Waals surface area contributed by atoms with Crippen LogP contribution in [0.15, 0.2) is 29.2 Å². The van der Waals surface area contributed by atoms with Crippen molar-refractivity contribution in [1.82, 2.24) is 0 Å². The Kier molecular flexibility index (Phi) is 3.30. The van der Waals surface area contributed by atoms with Crippen molar-refractivity contribution in [2.24, 2.45) is 5.73 Å². The molecule has 0 saturated carbocycles. The number of rotatable bonds is 3. The molecule has 2 N–H and O–H groups in total. The molecular weight excluding hydrogens is 210 g/mol. The monoisotopic (exact) mass is 219 g/mol. The van der Waals surface area contributed by atoms with Gasteiger partial charge in [0.25, 0.3) is 9.05 Å². The van der Waals surface area contributed by atoms with Crippen LogP contribution in [0.1, 0.15) is 5.56 Å². The average Bonchev–Trinajstić information content (AvgIpc) is 2.04. The van der Waals surface area contributed by atoms with E-state index in [0.29, 0.717) is 6.54 Å². The van der Waals surface area contributed by atoms with Gasteiger partial charge in [-0.05, 0) is 30.7 Å². The summed E-state index contributed by atoms with van der Waals surface area (Å²) in [4.78, 5) is 0.120. The van der Waals surface area contributed by atoms with Crippen molar-refractivity contribution in [3.63, 3.8) is 0 Å². The first-order valence-corrected chi connectivity index (χ1v) is 6.08. The maximum Gasteiger partial charge on any atom is 0.261 e. The van der Waals surface area contributed by atoms with E-state index in [0.717, 1.165) is 12.0 Å². The second kappa shape index (κ2) is 4.09. The van der Waals surface area contributed by atoms with E-state index in [4.69, 9.17) is 16.4 Å². The number of hydrogen-bond acceptors (Lipinski definition) is 3. The summed E-state index contributed by atoms with van der Waals surface area (Å²) < 4.78 is 21.7. The largest absolute Gasteiger partial charge is 0.330 e. The Morgan fingerprint density at radius 1 is 1.23 bits per heavy atom. The minimum Gasteiger partial charge on any atom is -0.330 e. The molecule has 1 rings (SSSR count). The number of hydrogen-bond donors (Lipinski definition) is 1. The summed E-state index contributed by atoms with van der Waals surface area (Å²) in [7, 11) is 1.54. The van der Waals surface area contributed by atoms with Gasteiger partial charge >= 0.3 is 0 Å². The summed E-state index contributed by atoms with van der Waals surface area (Å²) in [6.07, 6.45) is 0.739. The second-order valence-corrected chi connectivity index (χ2v) is 5.19. The molecule has 0 atom stereocenters. The maximum atomic E-state index is 10.8. The Bertz CT molecular complexity index is 372. The van der Waals surface area contributed by atoms with E-state index in [9.17, 15) is 8.42 Å². The number of benzene rings is 1. The minimum absolute atomic E-state index is 0.120. The Balaban J connectivity index is 2.94. The zero-order valence-electron chi connectivity index (χ0n) is 6.90. The molecule has 0 fully saturated rings. The molecular formula is C8H10ClNO2S. The summed E-state index contributed by atoms with van der Waals surface area (Å²) in [5, 5.41) is 0. The zero-order chi connectivity index (χ0) is 9.90. The Labute approximate surface area is 81.9 Å². The third-order valence-electron chi connectivity index (χ3n) is 1.64. The molecule has 0 aliphatic rings. The van der Waals surface area contributed by atoms with Gasteiger partial charge in [0.05, 0.1) is 4.90 Å². The van der Waals surface area contributed by atoms with Gasteiger partial charge in [0.1, 0.15) is 0 Å². The molecule has 0 amide bonds. The summed E-state index contributed by atoms with van der Waals surface area (Å²) >= 11 is 0. The fourth-order valence-corrected chi connectivity index (χ4v) is 1.76. The predicted molar refractivity (Wildman–Crippen MR) is 52.2 cm³/mol. The van der Waals surface area contributed by atoms with Crippen LogP contribution in [-0.2, 0) is 15.5 Å². The molecule has 13 heavy (non-hydrogen) atoms. The third kappa shape index (κ3) is 2.99. The first-order valence-electron chi connectivity index (χ1n) is 3.77. The standard InChI is InChI=1S/C8H10ClNO2S/c9-13(11,12)8-3-1-7(2-4-8)5-6-10/h1-4H,5-6,10H2. The molecule has 0 heterocycles. The van der Waals surface area contributed by atoms with E-state index >= 15 is 0 Å². The van der Waals surface area contributed by atoms with Crippen LogP contribution in [0, 0.1) is 0 Å². The van der Waals surface area contributed by atoms with E-state index in [1.165, 1.54) is 12.1 Å². The highest BCUT2D eigenvalue weighted by Gasteiger charge is 2.08. The van der Waals surface area contributed by atoms with E-state index in [1.807, 2.05) is 0 Å². The van der Waals surface area contributed by atoms with Crippen LogP contribution in [0.4, 0.5) is 0 Å². The summed E-state index contributed by atoms with van der Waals surface area (Å²) in [5.74, 6) is 0. The zero-order valence-corrected chi connectivity index (χ0v) is 8.48. The van der Waals surface area contributed by atoms with Gasteiger partial charge in [0, 0.05) is 10.7 Å². The summed E-state index contributed by atoms with van der Waals surface area (Å²) in [5.41, 5.74) is 6.35. The fourth-order valence-electron chi connectivity index (χ4n) is 0.985.